The van der Waals surface area contributed by atoms with Crippen molar-refractivity contribution in [2.24, 2.45) is 0 Å². The minimum absolute atomic E-state index is 0.505. The van der Waals surface area contributed by atoms with Crippen LogP contribution in [0.2, 0.25) is 0 Å². The molecule has 0 saturated carbocycles. The van der Waals surface area contributed by atoms with Crippen LogP contribution in [0, 0.1) is 0 Å². The van der Waals surface area contributed by atoms with Crippen LogP contribution in [-0.2, 0) is 0 Å². The van der Waals surface area contributed by atoms with Gasteiger partial charge in [0.2, 0.25) is 0 Å². The Hall–Kier alpha value is -1.88. The molecule has 0 bridgehead atoms. The minimum Gasteiger partial charge on any atom is -0.384 e. The van der Waals surface area contributed by atoms with E-state index >= 15 is 0 Å². The molecule has 3 rings (SSSR count). The fourth-order valence-electron chi connectivity index (χ4n) is 2.51. The molecule has 1 saturated heterocycles. The average Bonchev–Trinajstić information content (AvgIpc) is 2.98. The van der Waals surface area contributed by atoms with Gasteiger partial charge in [-0.15, -0.1) is 0 Å². The summed E-state index contributed by atoms with van der Waals surface area (Å²) in [4.78, 5) is 10.8. The van der Waals surface area contributed by atoms with Crippen LogP contribution in [0.4, 0.5) is 5.82 Å². The molecule has 1 atom stereocenters. The molecule has 0 amide bonds. The molecule has 1 aliphatic rings. The maximum atomic E-state index is 5.62. The Bertz CT molecular complexity index is 531. The maximum absolute atomic E-state index is 5.62. The van der Waals surface area contributed by atoms with Crippen LogP contribution in [0.1, 0.15) is 12.5 Å². The Morgan fingerprint density at radius 2 is 2.22 bits per heavy atom. The van der Waals surface area contributed by atoms with Gasteiger partial charge in [0.1, 0.15) is 5.82 Å². The first-order valence-corrected chi connectivity index (χ1v) is 6.16. The number of hydrogen-bond donors (Lipinski definition) is 1. The zero-order valence-electron chi connectivity index (χ0n) is 10.5. The molecular weight excluding hydrogens is 226 g/mol. The fourth-order valence-corrected chi connectivity index (χ4v) is 2.51. The van der Waals surface area contributed by atoms with Crippen molar-refractivity contribution >= 4 is 5.82 Å². The summed E-state index contributed by atoms with van der Waals surface area (Å²) in [5.41, 5.74) is 7.80. The summed E-state index contributed by atoms with van der Waals surface area (Å²) in [6.45, 7) is 2.22. The van der Waals surface area contributed by atoms with E-state index in [1.807, 2.05) is 30.9 Å². The smallest absolute Gasteiger partial charge is 0.123 e. The van der Waals surface area contributed by atoms with Crippen molar-refractivity contribution < 1.29 is 0 Å². The molecule has 5 nitrogen and oxygen atoms in total. The molecule has 1 fully saturated rings. The van der Waals surface area contributed by atoms with Crippen molar-refractivity contribution in [3.8, 4) is 11.3 Å². The molecule has 18 heavy (non-hydrogen) atoms. The highest BCUT2D eigenvalue weighted by Crippen LogP contribution is 2.27. The first-order chi connectivity index (χ1) is 8.74. The number of likely N-dealkylation sites (N-methyl/N-ethyl adjacent to an activating group) is 1. The molecule has 1 aliphatic heterocycles. The van der Waals surface area contributed by atoms with E-state index in [1.54, 1.807) is 0 Å². The lowest BCUT2D eigenvalue weighted by Crippen LogP contribution is -2.16. The highest BCUT2D eigenvalue weighted by Gasteiger charge is 2.22. The monoisotopic (exact) mass is 243 g/mol. The van der Waals surface area contributed by atoms with Crippen LogP contribution in [0.25, 0.3) is 11.3 Å². The van der Waals surface area contributed by atoms with Gasteiger partial charge in [-0.3, -0.25) is 0 Å². The van der Waals surface area contributed by atoms with E-state index < -0.39 is 0 Å². The minimum atomic E-state index is 0.505. The Balaban J connectivity index is 1.94. The largest absolute Gasteiger partial charge is 0.384 e. The molecule has 0 aromatic carbocycles. The molecule has 2 aromatic heterocycles. The zero-order valence-corrected chi connectivity index (χ0v) is 10.5. The molecule has 2 aromatic rings. The number of anilines is 1. The SMILES string of the molecule is CN1CCC(n2cncc2-c2ccc(N)nc2)C1. The second kappa shape index (κ2) is 4.42. The van der Waals surface area contributed by atoms with Crippen LogP contribution >= 0.6 is 0 Å². The van der Waals surface area contributed by atoms with E-state index in [2.05, 4.69) is 26.5 Å². The summed E-state index contributed by atoms with van der Waals surface area (Å²) >= 11 is 0. The van der Waals surface area contributed by atoms with E-state index in [1.165, 1.54) is 6.42 Å². The third-order valence-electron chi connectivity index (χ3n) is 3.51. The molecular formula is C13H17N5. The van der Waals surface area contributed by atoms with E-state index in [0.29, 0.717) is 11.9 Å². The number of aromatic nitrogens is 3. The summed E-state index contributed by atoms with van der Waals surface area (Å²) < 4.78 is 2.25. The van der Waals surface area contributed by atoms with E-state index in [-0.39, 0.29) is 0 Å². The molecule has 1 unspecified atom stereocenters. The lowest BCUT2D eigenvalue weighted by atomic mass is 10.2. The van der Waals surface area contributed by atoms with Gasteiger partial charge in [-0.25, -0.2) is 9.97 Å². The van der Waals surface area contributed by atoms with Gasteiger partial charge in [0, 0.05) is 24.3 Å². The predicted octanol–water partition coefficient (Wildman–Crippen LogP) is 1.40. The van der Waals surface area contributed by atoms with E-state index in [4.69, 9.17) is 5.73 Å². The van der Waals surface area contributed by atoms with Crippen molar-refractivity contribution in [3.63, 3.8) is 0 Å². The number of rotatable bonds is 2. The van der Waals surface area contributed by atoms with E-state index in [9.17, 15) is 0 Å². The van der Waals surface area contributed by atoms with Crippen LogP contribution < -0.4 is 5.73 Å². The lowest BCUT2D eigenvalue weighted by Gasteiger charge is -2.15. The standard InChI is InChI=1S/C13H17N5/c1-17-5-4-11(8-17)18-9-15-7-12(18)10-2-3-13(14)16-6-10/h2-3,6-7,9,11H,4-5,8H2,1H3,(H2,14,16). The third kappa shape index (κ3) is 1.97. The Morgan fingerprint density at radius 3 is 2.89 bits per heavy atom. The quantitative estimate of drug-likeness (QED) is 0.866. The summed E-state index contributed by atoms with van der Waals surface area (Å²) in [5.74, 6) is 0.547. The van der Waals surface area contributed by atoms with Gasteiger partial charge in [0.15, 0.2) is 0 Å². The van der Waals surface area contributed by atoms with Crippen molar-refractivity contribution in [1.29, 1.82) is 0 Å². The zero-order chi connectivity index (χ0) is 12.5. The van der Waals surface area contributed by atoms with E-state index in [0.717, 1.165) is 24.3 Å². The summed E-state index contributed by atoms with van der Waals surface area (Å²) in [6.07, 6.45) is 6.78. The van der Waals surface area contributed by atoms with Gasteiger partial charge < -0.3 is 15.2 Å². The van der Waals surface area contributed by atoms with Gasteiger partial charge in [-0.05, 0) is 32.1 Å². The highest BCUT2D eigenvalue weighted by atomic mass is 15.2. The first kappa shape index (κ1) is 11.2. The number of nitrogens with zero attached hydrogens (tertiary/aromatic N) is 4. The van der Waals surface area contributed by atoms with Gasteiger partial charge in [0.05, 0.1) is 18.2 Å². The number of pyridine rings is 1. The number of nitrogens with two attached hydrogens (primary N) is 1. The van der Waals surface area contributed by atoms with Crippen LogP contribution in [0.3, 0.4) is 0 Å². The van der Waals surface area contributed by atoms with Gasteiger partial charge >= 0.3 is 0 Å². The normalized spacial score (nSPS) is 20.4. The summed E-state index contributed by atoms with van der Waals surface area (Å²) in [7, 11) is 2.15. The van der Waals surface area contributed by atoms with Gasteiger partial charge in [-0.1, -0.05) is 0 Å². The molecule has 0 radical (unpaired) electrons. The van der Waals surface area contributed by atoms with Gasteiger partial charge in [0.25, 0.3) is 0 Å². The second-order valence-corrected chi connectivity index (χ2v) is 4.86. The van der Waals surface area contributed by atoms with Crippen LogP contribution in [0.15, 0.2) is 30.9 Å². The number of likely N-dealkylation sites (tertiary alicyclic amines) is 1. The van der Waals surface area contributed by atoms with Crippen molar-refractivity contribution in [2.75, 3.05) is 25.9 Å². The molecule has 0 aliphatic carbocycles. The summed E-state index contributed by atoms with van der Waals surface area (Å²) in [6, 6.07) is 4.33. The Kier molecular flexibility index (Phi) is 2.76. The molecule has 94 valence electrons. The van der Waals surface area contributed by atoms with Gasteiger partial charge in [-0.2, -0.15) is 0 Å². The third-order valence-corrected chi connectivity index (χ3v) is 3.51. The highest BCUT2D eigenvalue weighted by molar-refractivity contribution is 5.59. The van der Waals surface area contributed by atoms with Crippen molar-refractivity contribution in [1.82, 2.24) is 19.4 Å². The van der Waals surface area contributed by atoms with Crippen LogP contribution in [0.5, 0.6) is 0 Å². The lowest BCUT2D eigenvalue weighted by molar-refractivity contribution is 0.393. The van der Waals surface area contributed by atoms with Crippen molar-refractivity contribution in [3.05, 3.63) is 30.9 Å². The Labute approximate surface area is 106 Å². The number of imidazole rings is 1. The molecule has 3 heterocycles. The Morgan fingerprint density at radius 1 is 1.33 bits per heavy atom. The topological polar surface area (TPSA) is 60.0 Å². The molecule has 2 N–H and O–H groups in total. The van der Waals surface area contributed by atoms with Crippen molar-refractivity contribution in [2.45, 2.75) is 12.5 Å². The molecule has 5 heteroatoms. The second-order valence-electron chi connectivity index (χ2n) is 4.86. The molecule has 0 spiro atoms. The number of hydrogen-bond acceptors (Lipinski definition) is 4. The average molecular weight is 243 g/mol. The van der Waals surface area contributed by atoms with Crippen LogP contribution in [-0.4, -0.2) is 39.6 Å². The maximum Gasteiger partial charge on any atom is 0.123 e. The fraction of sp³-hybridized carbons (Fsp3) is 0.385. The predicted molar refractivity (Wildman–Crippen MR) is 71.0 cm³/mol. The summed E-state index contributed by atoms with van der Waals surface area (Å²) in [5, 5.41) is 0. The number of nitrogen functional groups attached to an aromatic ring is 1. The first-order valence-electron chi connectivity index (χ1n) is 6.16.